The Morgan fingerprint density at radius 1 is 1.24 bits per heavy atom. The van der Waals surface area contributed by atoms with Gasteiger partial charge in [0.1, 0.15) is 5.69 Å². The van der Waals surface area contributed by atoms with Gasteiger partial charge in [-0.1, -0.05) is 18.3 Å². The van der Waals surface area contributed by atoms with Crippen LogP contribution in [0.5, 0.6) is 0 Å². The minimum Gasteiger partial charge on any atom is -0.284 e. The molecule has 8 nitrogen and oxygen atoms in total. The molecule has 3 aromatic rings. The van der Waals surface area contributed by atoms with Crippen LogP contribution in [0.1, 0.15) is 22.4 Å². The number of carbonyl (C=O) groups is 1. The molecule has 0 aromatic carbocycles. The number of amides is 1. The Balaban J connectivity index is 2.05. The van der Waals surface area contributed by atoms with Gasteiger partial charge in [-0.2, -0.15) is 13.2 Å². The molecular formula is C15H12F3N5O3S3. The summed E-state index contributed by atoms with van der Waals surface area (Å²) < 4.78 is 63.3. The van der Waals surface area contributed by atoms with E-state index >= 15 is 0 Å². The summed E-state index contributed by atoms with van der Waals surface area (Å²) in [5.74, 6) is -1.21. The predicted octanol–water partition coefficient (Wildman–Crippen LogP) is 3.15. The number of thiazole rings is 1. The van der Waals surface area contributed by atoms with Crippen LogP contribution in [-0.4, -0.2) is 47.3 Å². The number of anilines is 1. The van der Waals surface area contributed by atoms with Gasteiger partial charge in [0.2, 0.25) is 10.1 Å². The Labute approximate surface area is 171 Å². The van der Waals surface area contributed by atoms with Crippen molar-refractivity contribution in [3.63, 3.8) is 0 Å². The maximum Gasteiger partial charge on any atom is 0.445 e. The number of nitrogens with zero attached hydrogens (tertiary/aromatic N) is 5. The fraction of sp³-hybridized carbons (Fsp3) is 0.267. The number of sulfone groups is 1. The highest BCUT2D eigenvalue weighted by atomic mass is 32.2. The van der Waals surface area contributed by atoms with Crippen LogP contribution in [0.15, 0.2) is 28.9 Å². The van der Waals surface area contributed by atoms with E-state index in [1.165, 1.54) is 43.8 Å². The molecule has 0 N–H and O–H groups in total. The summed E-state index contributed by atoms with van der Waals surface area (Å²) >= 11 is 1.43. The molecule has 3 aromatic heterocycles. The summed E-state index contributed by atoms with van der Waals surface area (Å²) in [6.07, 6.45) is -1.87. The molecule has 3 heterocycles. The average molecular weight is 463 g/mol. The molecule has 14 heteroatoms. The van der Waals surface area contributed by atoms with Gasteiger partial charge < -0.3 is 0 Å². The predicted molar refractivity (Wildman–Crippen MR) is 101 cm³/mol. The van der Waals surface area contributed by atoms with Gasteiger partial charge in [-0.3, -0.25) is 14.7 Å². The van der Waals surface area contributed by atoms with Crippen molar-refractivity contribution in [2.45, 2.75) is 18.0 Å². The first-order chi connectivity index (χ1) is 13.5. The highest BCUT2D eigenvalue weighted by Crippen LogP contribution is 2.35. The third-order valence-electron chi connectivity index (χ3n) is 3.74. The lowest BCUT2D eigenvalue weighted by Crippen LogP contribution is -2.29. The second-order valence-corrected chi connectivity index (χ2v) is 9.68. The van der Waals surface area contributed by atoms with Gasteiger partial charge in [-0.05, 0) is 6.07 Å². The number of aromatic nitrogens is 4. The van der Waals surface area contributed by atoms with Crippen molar-refractivity contribution in [2.24, 2.45) is 0 Å². The quantitative estimate of drug-likeness (QED) is 0.572. The maximum atomic E-state index is 12.8. The first kappa shape index (κ1) is 21.3. The van der Waals surface area contributed by atoms with Crippen molar-refractivity contribution in [1.29, 1.82) is 0 Å². The third-order valence-corrected chi connectivity index (χ3v) is 7.34. The molecule has 0 aliphatic rings. The molecule has 0 fully saturated rings. The van der Waals surface area contributed by atoms with E-state index in [9.17, 15) is 26.4 Å². The van der Waals surface area contributed by atoms with E-state index < -0.39 is 32.6 Å². The smallest absolute Gasteiger partial charge is 0.284 e. The third kappa shape index (κ3) is 4.28. The topological polar surface area (TPSA) is 106 Å². The fourth-order valence-corrected chi connectivity index (χ4v) is 4.53. The summed E-state index contributed by atoms with van der Waals surface area (Å²) in [4.78, 5) is 21.9. The average Bonchev–Trinajstić information content (AvgIpc) is 3.38. The second kappa shape index (κ2) is 7.76. The summed E-state index contributed by atoms with van der Waals surface area (Å²) in [6.45, 7) is 1.41. The summed E-state index contributed by atoms with van der Waals surface area (Å²) in [5, 5.41) is 4.84. The van der Waals surface area contributed by atoms with E-state index in [1.54, 1.807) is 5.51 Å². The van der Waals surface area contributed by atoms with Crippen LogP contribution in [0, 0.1) is 0 Å². The number of alkyl halides is 3. The summed E-state index contributed by atoms with van der Waals surface area (Å²) in [6, 6.07) is 1.31. The summed E-state index contributed by atoms with van der Waals surface area (Å²) in [7, 11) is -2.69. The Morgan fingerprint density at radius 2 is 1.97 bits per heavy atom. The van der Waals surface area contributed by atoms with Crippen molar-refractivity contribution in [3.05, 3.63) is 34.7 Å². The molecule has 1 amide bonds. The Kier molecular flexibility index (Phi) is 5.69. The number of carbonyl (C=O) groups excluding carboxylic acids is 1. The Bertz CT molecular complexity index is 1140. The number of hydrogen-bond acceptors (Lipinski definition) is 9. The van der Waals surface area contributed by atoms with Crippen LogP contribution < -0.4 is 4.90 Å². The lowest BCUT2D eigenvalue weighted by molar-refractivity contribution is -0.138. The molecule has 0 saturated carbocycles. The van der Waals surface area contributed by atoms with Crippen LogP contribution in [0.2, 0.25) is 0 Å². The molecule has 0 aliphatic heterocycles. The number of rotatable bonds is 5. The largest absolute Gasteiger partial charge is 0.445 e. The van der Waals surface area contributed by atoms with Crippen LogP contribution >= 0.6 is 22.7 Å². The molecule has 0 spiro atoms. The van der Waals surface area contributed by atoms with E-state index in [1.807, 2.05) is 0 Å². The lowest BCUT2D eigenvalue weighted by Gasteiger charge is -2.15. The van der Waals surface area contributed by atoms with Gasteiger partial charge in [0, 0.05) is 25.0 Å². The van der Waals surface area contributed by atoms with Gasteiger partial charge in [-0.25, -0.2) is 13.4 Å². The maximum absolute atomic E-state index is 12.8. The van der Waals surface area contributed by atoms with Crippen LogP contribution in [0.4, 0.5) is 18.3 Å². The van der Waals surface area contributed by atoms with E-state index in [-0.39, 0.29) is 27.1 Å². The lowest BCUT2D eigenvalue weighted by atomic mass is 10.2. The second-order valence-electron chi connectivity index (χ2n) is 5.59. The zero-order valence-electron chi connectivity index (χ0n) is 14.8. The number of hydrogen-bond donors (Lipinski definition) is 0. The molecule has 3 rings (SSSR count). The highest BCUT2D eigenvalue weighted by Gasteiger charge is 2.37. The minimum atomic E-state index is -4.70. The van der Waals surface area contributed by atoms with Crippen LogP contribution in [-0.2, 0) is 16.0 Å². The summed E-state index contributed by atoms with van der Waals surface area (Å²) in [5.41, 5.74) is 1.60. The van der Waals surface area contributed by atoms with E-state index in [2.05, 4.69) is 20.2 Å². The van der Waals surface area contributed by atoms with E-state index in [4.69, 9.17) is 0 Å². The van der Waals surface area contributed by atoms with E-state index in [0.717, 1.165) is 4.90 Å². The number of halogens is 3. The van der Waals surface area contributed by atoms with Crippen molar-refractivity contribution in [1.82, 2.24) is 20.2 Å². The fourth-order valence-electron chi connectivity index (χ4n) is 2.20. The Hall–Kier alpha value is -2.45. The standard InChI is InChI=1S/C15H12F3N5O3S3/c1-3-29(25,26)10-4-8(9-6-19-7-27-9)5-20-11(10)12(24)23(2)14-22-21-13(28-14)15(16,17)18/h4-7H,3H2,1-2H3. The normalized spacial score (nSPS) is 12.2. The monoisotopic (exact) mass is 463 g/mol. The number of pyridine rings is 1. The molecule has 29 heavy (non-hydrogen) atoms. The van der Waals surface area contributed by atoms with Gasteiger partial charge in [-0.15, -0.1) is 21.5 Å². The van der Waals surface area contributed by atoms with Crippen LogP contribution in [0.25, 0.3) is 10.4 Å². The van der Waals surface area contributed by atoms with Crippen molar-refractivity contribution in [2.75, 3.05) is 17.7 Å². The molecule has 154 valence electrons. The molecule has 0 aliphatic carbocycles. The van der Waals surface area contributed by atoms with Gasteiger partial charge >= 0.3 is 6.18 Å². The molecule has 0 saturated heterocycles. The van der Waals surface area contributed by atoms with Crippen LogP contribution in [0.3, 0.4) is 0 Å². The molecule has 0 atom stereocenters. The van der Waals surface area contributed by atoms with Gasteiger partial charge in [0.15, 0.2) is 9.84 Å². The van der Waals surface area contributed by atoms with Gasteiger partial charge in [0.05, 0.1) is 21.0 Å². The zero-order chi connectivity index (χ0) is 21.4. The van der Waals surface area contributed by atoms with E-state index in [0.29, 0.717) is 10.4 Å². The Morgan fingerprint density at radius 3 is 2.52 bits per heavy atom. The molecular weight excluding hydrogens is 451 g/mol. The molecule has 0 radical (unpaired) electrons. The molecule has 0 unspecified atom stereocenters. The highest BCUT2D eigenvalue weighted by molar-refractivity contribution is 7.91. The zero-order valence-corrected chi connectivity index (χ0v) is 17.3. The van der Waals surface area contributed by atoms with Crippen molar-refractivity contribution < 1.29 is 26.4 Å². The van der Waals surface area contributed by atoms with Gasteiger partial charge in [0.25, 0.3) is 5.91 Å². The van der Waals surface area contributed by atoms with Crippen molar-refractivity contribution >= 4 is 43.5 Å². The first-order valence-corrected chi connectivity index (χ1v) is 11.2. The molecule has 0 bridgehead atoms. The SMILES string of the molecule is CCS(=O)(=O)c1cc(-c2cncs2)cnc1C(=O)N(C)c1nnc(C(F)(F)F)s1. The minimum absolute atomic E-state index is 0.165. The van der Waals surface area contributed by atoms with Crippen molar-refractivity contribution in [3.8, 4) is 10.4 Å². The first-order valence-electron chi connectivity index (χ1n) is 7.85.